The van der Waals surface area contributed by atoms with Crippen LogP contribution < -0.4 is 10.2 Å². The van der Waals surface area contributed by atoms with E-state index < -0.39 is 0 Å². The molecule has 0 spiro atoms. The fraction of sp³-hybridized carbons (Fsp3) is 0.0526. The van der Waals surface area contributed by atoms with E-state index >= 15 is 0 Å². The van der Waals surface area contributed by atoms with Crippen molar-refractivity contribution in [3.63, 3.8) is 0 Å². The number of hydrogen-bond acceptors (Lipinski definition) is 4. The number of hydrogen-bond donors (Lipinski definition) is 1. The maximum absolute atomic E-state index is 12.3. The fourth-order valence-electron chi connectivity index (χ4n) is 2.18. The molecule has 0 saturated carbocycles. The van der Waals surface area contributed by atoms with Gasteiger partial charge in [-0.2, -0.15) is 5.10 Å². The van der Waals surface area contributed by atoms with Crippen LogP contribution in [0.25, 0.3) is 10.1 Å². The molecule has 0 bridgehead atoms. The van der Waals surface area contributed by atoms with Gasteiger partial charge in [0.1, 0.15) is 17.2 Å². The highest BCUT2D eigenvalue weighted by molar-refractivity contribution is 7.21. The summed E-state index contributed by atoms with van der Waals surface area (Å²) in [7, 11) is 0. The molecular weight excluding hydrogens is 356 g/mol. The lowest BCUT2D eigenvalue weighted by atomic mass is 10.2. The lowest BCUT2D eigenvalue weighted by Gasteiger charge is -2.02. The molecule has 6 heteroatoms. The Hall–Kier alpha value is -2.63. The van der Waals surface area contributed by atoms with Crippen LogP contribution >= 0.6 is 22.9 Å². The zero-order valence-electron chi connectivity index (χ0n) is 13.2. The van der Waals surface area contributed by atoms with E-state index in [9.17, 15) is 4.79 Å². The first kappa shape index (κ1) is 17.2. The van der Waals surface area contributed by atoms with Crippen molar-refractivity contribution in [2.75, 3.05) is 6.61 Å². The minimum atomic E-state index is -0.326. The van der Waals surface area contributed by atoms with Gasteiger partial charge in [0.05, 0.1) is 11.2 Å². The van der Waals surface area contributed by atoms with Crippen molar-refractivity contribution in [3.05, 3.63) is 76.6 Å². The average Bonchev–Trinajstić information content (AvgIpc) is 2.98. The van der Waals surface area contributed by atoms with E-state index in [0.29, 0.717) is 16.5 Å². The minimum Gasteiger partial charge on any atom is -0.490 e. The maximum Gasteiger partial charge on any atom is 0.283 e. The van der Waals surface area contributed by atoms with Crippen molar-refractivity contribution in [3.8, 4) is 5.75 Å². The number of fused-ring (bicyclic) bond motifs is 1. The van der Waals surface area contributed by atoms with Gasteiger partial charge in [0.15, 0.2) is 0 Å². The summed E-state index contributed by atoms with van der Waals surface area (Å²) in [6, 6.07) is 15.0. The van der Waals surface area contributed by atoms with Crippen molar-refractivity contribution in [1.82, 2.24) is 5.43 Å². The molecule has 126 valence electrons. The normalized spacial score (nSPS) is 10.9. The summed E-state index contributed by atoms with van der Waals surface area (Å²) >= 11 is 7.63. The number of nitrogens with one attached hydrogen (secondary N) is 1. The van der Waals surface area contributed by atoms with E-state index in [1.807, 2.05) is 48.5 Å². The number of halogens is 1. The van der Waals surface area contributed by atoms with E-state index in [1.165, 1.54) is 11.3 Å². The molecule has 0 fully saturated rings. The van der Waals surface area contributed by atoms with Gasteiger partial charge in [-0.05, 0) is 35.9 Å². The smallest absolute Gasteiger partial charge is 0.283 e. The number of nitrogens with zero attached hydrogens (tertiary/aromatic N) is 1. The Balaban J connectivity index is 1.65. The molecule has 3 aromatic rings. The van der Waals surface area contributed by atoms with Gasteiger partial charge in [-0.15, -0.1) is 11.3 Å². The summed E-state index contributed by atoms with van der Waals surface area (Å²) in [6.07, 6.45) is 3.25. The number of carbonyl (C=O) groups is 1. The molecule has 2 aromatic carbocycles. The Kier molecular flexibility index (Phi) is 5.48. The monoisotopic (exact) mass is 370 g/mol. The zero-order chi connectivity index (χ0) is 17.6. The van der Waals surface area contributed by atoms with E-state index in [2.05, 4.69) is 17.1 Å². The molecule has 0 aliphatic heterocycles. The van der Waals surface area contributed by atoms with E-state index in [-0.39, 0.29) is 5.91 Å². The molecule has 3 rings (SSSR count). The van der Waals surface area contributed by atoms with E-state index in [1.54, 1.807) is 12.3 Å². The van der Waals surface area contributed by atoms with Crippen LogP contribution in [0.3, 0.4) is 0 Å². The number of ether oxygens (including phenoxy) is 1. The molecule has 0 atom stereocenters. The molecule has 1 amide bonds. The van der Waals surface area contributed by atoms with Gasteiger partial charge < -0.3 is 4.74 Å². The molecule has 0 saturated heterocycles. The highest BCUT2D eigenvalue weighted by Gasteiger charge is 2.16. The topological polar surface area (TPSA) is 50.7 Å². The van der Waals surface area contributed by atoms with Gasteiger partial charge in [0.25, 0.3) is 5.91 Å². The second-order valence-corrected chi connectivity index (χ2v) is 6.54. The Labute approximate surface area is 154 Å². The van der Waals surface area contributed by atoms with Crippen LogP contribution in [0, 0.1) is 0 Å². The molecule has 0 aliphatic carbocycles. The molecule has 0 radical (unpaired) electrons. The number of benzene rings is 2. The molecule has 1 heterocycles. The Bertz CT molecular complexity index is 932. The summed E-state index contributed by atoms with van der Waals surface area (Å²) in [5.41, 5.74) is 3.35. The predicted octanol–water partition coefficient (Wildman–Crippen LogP) is 4.88. The standard InChI is InChI=1S/C19H15ClN2O2S/c1-2-11-24-14-9-7-13(8-10-14)12-21-22-19(23)18-17(20)15-5-3-4-6-16(15)25-18/h2-10,12H,1,11H2,(H,22,23). The second-order valence-electron chi connectivity index (χ2n) is 5.11. The van der Waals surface area contributed by atoms with Crippen LogP contribution in [0.15, 0.2) is 66.3 Å². The van der Waals surface area contributed by atoms with E-state index in [0.717, 1.165) is 21.4 Å². The van der Waals surface area contributed by atoms with Crippen molar-refractivity contribution in [1.29, 1.82) is 0 Å². The fourth-order valence-corrected chi connectivity index (χ4v) is 3.59. The van der Waals surface area contributed by atoms with Crippen LogP contribution in [0.5, 0.6) is 5.75 Å². The quantitative estimate of drug-likeness (QED) is 0.382. The van der Waals surface area contributed by atoms with Gasteiger partial charge in [0, 0.05) is 10.1 Å². The largest absolute Gasteiger partial charge is 0.490 e. The number of carbonyl (C=O) groups excluding carboxylic acids is 1. The zero-order valence-corrected chi connectivity index (χ0v) is 14.8. The molecule has 4 nitrogen and oxygen atoms in total. The highest BCUT2D eigenvalue weighted by Crippen LogP contribution is 2.34. The van der Waals surface area contributed by atoms with Gasteiger partial charge in [-0.25, -0.2) is 5.43 Å². The van der Waals surface area contributed by atoms with Gasteiger partial charge >= 0.3 is 0 Å². The number of thiophene rings is 1. The number of amides is 1. The Morgan fingerprint density at radius 2 is 2.00 bits per heavy atom. The maximum atomic E-state index is 12.3. The molecular formula is C19H15ClN2O2S. The summed E-state index contributed by atoms with van der Waals surface area (Å²) in [6.45, 7) is 4.06. The lowest BCUT2D eigenvalue weighted by Crippen LogP contribution is -2.16. The number of rotatable bonds is 6. The average molecular weight is 371 g/mol. The van der Waals surface area contributed by atoms with Gasteiger partial charge in [-0.1, -0.05) is 42.5 Å². The first-order valence-electron chi connectivity index (χ1n) is 7.53. The highest BCUT2D eigenvalue weighted by atomic mass is 35.5. The van der Waals surface area contributed by atoms with Crippen LogP contribution in [0.4, 0.5) is 0 Å². The Morgan fingerprint density at radius 3 is 2.72 bits per heavy atom. The van der Waals surface area contributed by atoms with Crippen LogP contribution in [-0.2, 0) is 0 Å². The predicted molar refractivity (Wildman–Crippen MR) is 104 cm³/mol. The van der Waals surface area contributed by atoms with Crippen LogP contribution in [0.2, 0.25) is 5.02 Å². The van der Waals surface area contributed by atoms with Crippen LogP contribution in [0.1, 0.15) is 15.2 Å². The third-order valence-electron chi connectivity index (χ3n) is 3.37. The molecule has 1 N–H and O–H groups in total. The third-order valence-corrected chi connectivity index (χ3v) is 5.04. The summed E-state index contributed by atoms with van der Waals surface area (Å²) < 4.78 is 6.38. The molecule has 25 heavy (non-hydrogen) atoms. The minimum absolute atomic E-state index is 0.326. The second kappa shape index (κ2) is 7.96. The SMILES string of the molecule is C=CCOc1ccc(C=NNC(=O)c2sc3ccccc3c2Cl)cc1. The number of hydrazone groups is 1. The van der Waals surface area contributed by atoms with Gasteiger partial charge in [0.2, 0.25) is 0 Å². The first-order valence-corrected chi connectivity index (χ1v) is 8.72. The molecule has 1 aromatic heterocycles. The third kappa shape index (κ3) is 4.07. The van der Waals surface area contributed by atoms with Crippen molar-refractivity contribution >= 4 is 45.1 Å². The Morgan fingerprint density at radius 1 is 1.24 bits per heavy atom. The first-order chi connectivity index (χ1) is 12.2. The van der Waals surface area contributed by atoms with Crippen molar-refractivity contribution < 1.29 is 9.53 Å². The molecule has 0 unspecified atom stereocenters. The van der Waals surface area contributed by atoms with E-state index in [4.69, 9.17) is 16.3 Å². The van der Waals surface area contributed by atoms with Crippen LogP contribution in [-0.4, -0.2) is 18.7 Å². The molecule has 0 aliphatic rings. The van der Waals surface area contributed by atoms with Crippen molar-refractivity contribution in [2.24, 2.45) is 5.10 Å². The summed E-state index contributed by atoms with van der Waals surface area (Å²) in [4.78, 5) is 12.7. The van der Waals surface area contributed by atoms with Crippen molar-refractivity contribution in [2.45, 2.75) is 0 Å². The van der Waals surface area contributed by atoms with Gasteiger partial charge in [-0.3, -0.25) is 4.79 Å². The lowest BCUT2D eigenvalue weighted by molar-refractivity contribution is 0.0959. The summed E-state index contributed by atoms with van der Waals surface area (Å²) in [5.74, 6) is 0.423. The summed E-state index contributed by atoms with van der Waals surface area (Å²) in [5, 5.41) is 5.32.